The van der Waals surface area contributed by atoms with Crippen LogP contribution >= 0.6 is 0 Å². The monoisotopic (exact) mass is 263 g/mol. The lowest BCUT2D eigenvalue weighted by molar-refractivity contribution is -0.134. The van der Waals surface area contributed by atoms with E-state index in [9.17, 15) is 13.2 Å². The number of carbonyl (C=O) groups is 1. The maximum atomic E-state index is 11.8. The molecule has 1 rings (SSSR count). The number of rotatable bonds is 3. The van der Waals surface area contributed by atoms with E-state index in [2.05, 4.69) is 0 Å². The van der Waals surface area contributed by atoms with Gasteiger partial charge in [-0.2, -0.15) is 4.31 Å². The number of piperazine rings is 1. The van der Waals surface area contributed by atoms with Crippen molar-refractivity contribution in [1.29, 1.82) is 0 Å². The highest BCUT2D eigenvalue weighted by molar-refractivity contribution is 7.88. The van der Waals surface area contributed by atoms with E-state index in [4.69, 9.17) is 0 Å². The minimum Gasteiger partial charge on any atom is -0.347 e. The Morgan fingerprint density at radius 3 is 2.00 bits per heavy atom. The molecule has 100 valence electrons. The minimum absolute atomic E-state index is 0.0535. The predicted molar refractivity (Wildman–Crippen MR) is 66.1 cm³/mol. The minimum atomic E-state index is -3.10. The molecule has 0 radical (unpaired) electrons. The standard InChI is InChI=1S/C10H21N3O3S/c1-9(10(14)11(2)3)12-5-7-13(8-6-12)17(4,15)16/h9H,5-8H2,1-4H3. The summed E-state index contributed by atoms with van der Waals surface area (Å²) in [6.07, 6.45) is 1.22. The van der Waals surface area contributed by atoms with Crippen LogP contribution in [0.2, 0.25) is 0 Å². The molecule has 0 N–H and O–H groups in total. The lowest BCUT2D eigenvalue weighted by atomic mass is 10.2. The Balaban J connectivity index is 2.55. The molecule has 1 amide bonds. The number of carbonyl (C=O) groups excluding carboxylic acids is 1. The quantitative estimate of drug-likeness (QED) is 0.658. The van der Waals surface area contributed by atoms with Gasteiger partial charge >= 0.3 is 0 Å². The first-order valence-corrected chi connectivity index (χ1v) is 7.48. The third kappa shape index (κ3) is 3.65. The molecule has 0 saturated carbocycles. The van der Waals surface area contributed by atoms with Crippen molar-refractivity contribution in [3.05, 3.63) is 0 Å². The molecule has 1 fully saturated rings. The average molecular weight is 263 g/mol. The fraction of sp³-hybridized carbons (Fsp3) is 0.900. The van der Waals surface area contributed by atoms with Gasteiger partial charge in [-0.3, -0.25) is 9.69 Å². The first kappa shape index (κ1) is 14.4. The van der Waals surface area contributed by atoms with E-state index in [1.54, 1.807) is 19.0 Å². The van der Waals surface area contributed by atoms with Crippen LogP contribution in [0.1, 0.15) is 6.92 Å². The Morgan fingerprint density at radius 1 is 1.18 bits per heavy atom. The van der Waals surface area contributed by atoms with Crippen molar-refractivity contribution < 1.29 is 13.2 Å². The maximum absolute atomic E-state index is 11.8. The van der Waals surface area contributed by atoms with Crippen molar-refractivity contribution >= 4 is 15.9 Å². The molecule has 1 heterocycles. The molecule has 0 spiro atoms. The number of nitrogens with zero attached hydrogens (tertiary/aromatic N) is 3. The first-order chi connectivity index (χ1) is 7.73. The lowest BCUT2D eigenvalue weighted by Crippen LogP contribution is -2.54. The number of hydrogen-bond acceptors (Lipinski definition) is 4. The van der Waals surface area contributed by atoms with Crippen molar-refractivity contribution in [2.45, 2.75) is 13.0 Å². The Hall–Kier alpha value is -0.660. The zero-order chi connectivity index (χ0) is 13.2. The van der Waals surface area contributed by atoms with E-state index in [-0.39, 0.29) is 11.9 Å². The number of sulfonamides is 1. The van der Waals surface area contributed by atoms with Gasteiger partial charge in [0.05, 0.1) is 12.3 Å². The van der Waals surface area contributed by atoms with Crippen molar-refractivity contribution in [2.75, 3.05) is 46.5 Å². The maximum Gasteiger partial charge on any atom is 0.239 e. The molecule has 0 aromatic carbocycles. The third-order valence-corrected chi connectivity index (χ3v) is 4.39. The highest BCUT2D eigenvalue weighted by atomic mass is 32.2. The van der Waals surface area contributed by atoms with Crippen LogP contribution in [0.15, 0.2) is 0 Å². The van der Waals surface area contributed by atoms with Gasteiger partial charge in [0.15, 0.2) is 0 Å². The molecule has 1 aliphatic rings. The van der Waals surface area contributed by atoms with Gasteiger partial charge in [0.1, 0.15) is 0 Å². The summed E-state index contributed by atoms with van der Waals surface area (Å²) in [4.78, 5) is 15.4. The normalized spacial score (nSPS) is 21.2. The van der Waals surface area contributed by atoms with Gasteiger partial charge in [-0.15, -0.1) is 0 Å². The second-order valence-electron chi connectivity index (χ2n) is 4.61. The number of hydrogen-bond donors (Lipinski definition) is 0. The van der Waals surface area contributed by atoms with Crippen LogP contribution in [0, 0.1) is 0 Å². The summed E-state index contributed by atoms with van der Waals surface area (Å²) in [6.45, 7) is 3.99. The summed E-state index contributed by atoms with van der Waals surface area (Å²) < 4.78 is 24.1. The van der Waals surface area contributed by atoms with Crippen LogP contribution in [0.25, 0.3) is 0 Å². The molecule has 0 aromatic rings. The molecule has 1 atom stereocenters. The molecular formula is C10H21N3O3S. The lowest BCUT2D eigenvalue weighted by Gasteiger charge is -2.36. The second-order valence-corrected chi connectivity index (χ2v) is 6.59. The summed E-state index contributed by atoms with van der Waals surface area (Å²) >= 11 is 0. The molecule has 6 nitrogen and oxygen atoms in total. The molecule has 7 heteroatoms. The van der Waals surface area contributed by atoms with Gasteiger partial charge in [0.25, 0.3) is 0 Å². The van der Waals surface area contributed by atoms with Crippen LogP contribution in [0.5, 0.6) is 0 Å². The highest BCUT2D eigenvalue weighted by Gasteiger charge is 2.29. The van der Waals surface area contributed by atoms with Crippen LogP contribution in [-0.2, 0) is 14.8 Å². The molecule has 0 bridgehead atoms. The van der Waals surface area contributed by atoms with Gasteiger partial charge in [-0.1, -0.05) is 0 Å². The molecule has 1 aliphatic heterocycles. The largest absolute Gasteiger partial charge is 0.347 e. The topological polar surface area (TPSA) is 60.9 Å². The van der Waals surface area contributed by atoms with E-state index in [1.165, 1.54) is 10.6 Å². The third-order valence-electron chi connectivity index (χ3n) is 3.09. The van der Waals surface area contributed by atoms with Crippen LogP contribution < -0.4 is 0 Å². The van der Waals surface area contributed by atoms with Gasteiger partial charge in [0.2, 0.25) is 15.9 Å². The molecule has 1 unspecified atom stereocenters. The van der Waals surface area contributed by atoms with Crippen molar-refractivity contribution in [1.82, 2.24) is 14.1 Å². The zero-order valence-corrected chi connectivity index (χ0v) is 11.7. The fourth-order valence-corrected chi connectivity index (χ4v) is 2.78. The Labute approximate surface area is 103 Å². The molecule has 1 saturated heterocycles. The molecule has 0 aromatic heterocycles. The number of likely N-dealkylation sites (N-methyl/N-ethyl adjacent to an activating group) is 1. The van der Waals surface area contributed by atoms with Crippen molar-refractivity contribution in [3.63, 3.8) is 0 Å². The first-order valence-electron chi connectivity index (χ1n) is 5.64. The second kappa shape index (κ2) is 5.32. The van der Waals surface area contributed by atoms with Gasteiger partial charge < -0.3 is 4.90 Å². The fourth-order valence-electron chi connectivity index (χ4n) is 1.95. The van der Waals surface area contributed by atoms with E-state index in [1.807, 2.05) is 11.8 Å². The zero-order valence-electron chi connectivity index (χ0n) is 10.9. The van der Waals surface area contributed by atoms with E-state index in [0.717, 1.165) is 0 Å². The summed E-state index contributed by atoms with van der Waals surface area (Å²) in [5, 5.41) is 0. The van der Waals surface area contributed by atoms with Gasteiger partial charge in [0, 0.05) is 40.3 Å². The Morgan fingerprint density at radius 2 is 1.65 bits per heavy atom. The van der Waals surface area contributed by atoms with Crippen LogP contribution in [0.4, 0.5) is 0 Å². The summed E-state index contributed by atoms with van der Waals surface area (Å²) in [5.41, 5.74) is 0. The smallest absolute Gasteiger partial charge is 0.239 e. The van der Waals surface area contributed by atoms with E-state index in [0.29, 0.717) is 26.2 Å². The molecular weight excluding hydrogens is 242 g/mol. The summed E-state index contributed by atoms with van der Waals surface area (Å²) in [6, 6.07) is -0.188. The van der Waals surface area contributed by atoms with Gasteiger partial charge in [-0.25, -0.2) is 8.42 Å². The Kier molecular flexibility index (Phi) is 4.51. The average Bonchev–Trinajstić information content (AvgIpc) is 2.26. The van der Waals surface area contributed by atoms with E-state index < -0.39 is 10.0 Å². The molecule has 17 heavy (non-hydrogen) atoms. The van der Waals surface area contributed by atoms with Crippen LogP contribution in [0.3, 0.4) is 0 Å². The van der Waals surface area contributed by atoms with Crippen LogP contribution in [-0.4, -0.2) is 81.0 Å². The summed E-state index contributed by atoms with van der Waals surface area (Å²) in [5.74, 6) is 0.0535. The van der Waals surface area contributed by atoms with E-state index >= 15 is 0 Å². The summed E-state index contributed by atoms with van der Waals surface area (Å²) in [7, 11) is 0.355. The van der Waals surface area contributed by atoms with Crippen molar-refractivity contribution in [3.8, 4) is 0 Å². The highest BCUT2D eigenvalue weighted by Crippen LogP contribution is 2.10. The predicted octanol–water partition coefficient (Wildman–Crippen LogP) is -0.960. The Bertz CT molecular complexity index is 372. The van der Waals surface area contributed by atoms with Gasteiger partial charge in [-0.05, 0) is 6.92 Å². The van der Waals surface area contributed by atoms with Crippen molar-refractivity contribution in [2.24, 2.45) is 0 Å². The number of amides is 1. The SMILES string of the molecule is CC(C(=O)N(C)C)N1CCN(S(C)(=O)=O)CC1. The molecule has 0 aliphatic carbocycles.